The lowest BCUT2D eigenvalue weighted by Crippen LogP contribution is -2.49. The molecule has 0 radical (unpaired) electrons. The van der Waals surface area contributed by atoms with Crippen molar-refractivity contribution in [2.75, 3.05) is 29.9 Å². The number of anilines is 2. The molecule has 1 aromatic rings. The minimum absolute atomic E-state index is 0.00930. The Hall–Kier alpha value is -1.57. The van der Waals surface area contributed by atoms with Crippen LogP contribution in [0.15, 0.2) is 12.3 Å². The maximum Gasteiger partial charge on any atom is 0.416 e. The summed E-state index contributed by atoms with van der Waals surface area (Å²) in [5.41, 5.74) is 0. The summed E-state index contributed by atoms with van der Waals surface area (Å²) in [4.78, 5) is 9.77. The van der Waals surface area contributed by atoms with Crippen LogP contribution >= 0.6 is 0 Å². The highest BCUT2D eigenvalue weighted by Gasteiger charge is 2.43. The second kappa shape index (κ2) is 5.82. The first-order valence-corrected chi connectivity index (χ1v) is 6.39. The molecule has 0 aromatic carbocycles. The first-order valence-electron chi connectivity index (χ1n) is 6.39. The van der Waals surface area contributed by atoms with Gasteiger partial charge in [-0.2, -0.15) is 18.2 Å². The van der Waals surface area contributed by atoms with Crippen LogP contribution in [0.1, 0.15) is 13.8 Å². The molecule has 1 fully saturated rings. The summed E-state index contributed by atoms with van der Waals surface area (Å²) in [6, 6.07) is 1.87. The molecular weight excluding hydrogens is 273 g/mol. The maximum atomic E-state index is 12.7. The molecule has 1 aliphatic heterocycles. The third kappa shape index (κ3) is 3.72. The number of alkyl halides is 3. The van der Waals surface area contributed by atoms with E-state index in [1.54, 1.807) is 6.07 Å². The topological polar surface area (TPSA) is 50.3 Å². The number of rotatable bonds is 3. The number of nitrogens with zero attached hydrogens (tertiary/aromatic N) is 3. The number of hydrogen-bond acceptors (Lipinski definition) is 5. The van der Waals surface area contributed by atoms with Crippen LogP contribution in [0.3, 0.4) is 0 Å². The predicted octanol–water partition coefficient (Wildman–Crippen LogP) is 2.06. The Labute approximate surface area is 115 Å². The average Bonchev–Trinajstić information content (AvgIpc) is 2.37. The fourth-order valence-electron chi connectivity index (χ4n) is 1.91. The average molecular weight is 290 g/mol. The summed E-state index contributed by atoms with van der Waals surface area (Å²) in [6.45, 7) is 3.98. The van der Waals surface area contributed by atoms with Gasteiger partial charge in [0, 0.05) is 18.8 Å². The molecule has 0 amide bonds. The highest BCUT2D eigenvalue weighted by molar-refractivity contribution is 5.42. The van der Waals surface area contributed by atoms with E-state index in [9.17, 15) is 13.2 Å². The first kappa shape index (κ1) is 14.8. The molecule has 112 valence electrons. The zero-order valence-electron chi connectivity index (χ0n) is 11.3. The van der Waals surface area contributed by atoms with Crippen molar-refractivity contribution in [2.45, 2.75) is 32.2 Å². The smallest absolute Gasteiger partial charge is 0.368 e. The van der Waals surface area contributed by atoms with Crippen LogP contribution < -0.4 is 10.2 Å². The van der Waals surface area contributed by atoms with Crippen molar-refractivity contribution in [2.24, 2.45) is 0 Å². The van der Waals surface area contributed by atoms with Gasteiger partial charge in [0.05, 0.1) is 13.2 Å². The lowest BCUT2D eigenvalue weighted by Gasteiger charge is -2.33. The van der Waals surface area contributed by atoms with Crippen LogP contribution in [0.2, 0.25) is 0 Å². The lowest BCUT2D eigenvalue weighted by molar-refractivity contribution is -0.221. The Morgan fingerprint density at radius 1 is 1.45 bits per heavy atom. The second-order valence-electron chi connectivity index (χ2n) is 4.89. The Kier molecular flexibility index (Phi) is 4.32. The third-order valence-corrected chi connectivity index (χ3v) is 2.79. The van der Waals surface area contributed by atoms with Crippen LogP contribution in [0.4, 0.5) is 24.9 Å². The van der Waals surface area contributed by atoms with Gasteiger partial charge in [0.1, 0.15) is 5.82 Å². The summed E-state index contributed by atoms with van der Waals surface area (Å²) < 4.78 is 42.8. The zero-order valence-corrected chi connectivity index (χ0v) is 11.3. The SMILES string of the molecule is CC(C)Nc1ccnc(N2CCO[C@H](C(F)(F)F)C2)n1. The maximum absolute atomic E-state index is 12.7. The molecule has 1 aliphatic rings. The quantitative estimate of drug-likeness (QED) is 0.923. The molecule has 2 heterocycles. The van der Waals surface area contributed by atoms with E-state index in [0.29, 0.717) is 12.4 Å². The predicted molar refractivity (Wildman–Crippen MR) is 68.8 cm³/mol. The normalized spacial score (nSPS) is 20.3. The third-order valence-electron chi connectivity index (χ3n) is 2.79. The van der Waals surface area contributed by atoms with E-state index in [1.165, 1.54) is 11.1 Å². The van der Waals surface area contributed by atoms with Gasteiger partial charge in [-0.1, -0.05) is 0 Å². The molecule has 1 aromatic heterocycles. The van der Waals surface area contributed by atoms with Gasteiger partial charge in [-0.25, -0.2) is 4.98 Å². The van der Waals surface area contributed by atoms with Gasteiger partial charge in [-0.3, -0.25) is 0 Å². The second-order valence-corrected chi connectivity index (χ2v) is 4.89. The van der Waals surface area contributed by atoms with Gasteiger partial charge >= 0.3 is 6.18 Å². The number of halogens is 3. The van der Waals surface area contributed by atoms with Gasteiger partial charge in [-0.15, -0.1) is 0 Å². The Bertz CT molecular complexity index is 453. The molecule has 1 atom stereocenters. The molecule has 8 heteroatoms. The van der Waals surface area contributed by atoms with E-state index in [1.807, 2.05) is 13.8 Å². The molecule has 2 rings (SSSR count). The van der Waals surface area contributed by atoms with E-state index in [-0.39, 0.29) is 25.1 Å². The summed E-state index contributed by atoms with van der Waals surface area (Å²) in [7, 11) is 0. The number of morpholine rings is 1. The van der Waals surface area contributed by atoms with Gasteiger partial charge in [-0.05, 0) is 19.9 Å². The van der Waals surface area contributed by atoms with Crippen molar-refractivity contribution >= 4 is 11.8 Å². The van der Waals surface area contributed by atoms with Crippen molar-refractivity contribution in [3.8, 4) is 0 Å². The summed E-state index contributed by atoms with van der Waals surface area (Å²) in [6.07, 6.45) is -4.63. The molecule has 0 unspecified atom stereocenters. The summed E-state index contributed by atoms with van der Waals surface area (Å²) in [5.74, 6) is 0.883. The van der Waals surface area contributed by atoms with Crippen LogP contribution in [-0.4, -0.2) is 48.0 Å². The largest absolute Gasteiger partial charge is 0.416 e. The van der Waals surface area contributed by atoms with E-state index in [2.05, 4.69) is 15.3 Å². The van der Waals surface area contributed by atoms with E-state index < -0.39 is 12.3 Å². The minimum Gasteiger partial charge on any atom is -0.368 e. The van der Waals surface area contributed by atoms with E-state index >= 15 is 0 Å². The fraction of sp³-hybridized carbons (Fsp3) is 0.667. The highest BCUT2D eigenvalue weighted by Crippen LogP contribution is 2.27. The van der Waals surface area contributed by atoms with Crippen LogP contribution in [0.5, 0.6) is 0 Å². The van der Waals surface area contributed by atoms with Crippen LogP contribution in [0.25, 0.3) is 0 Å². The lowest BCUT2D eigenvalue weighted by atomic mass is 10.2. The number of nitrogens with one attached hydrogen (secondary N) is 1. The fourth-order valence-corrected chi connectivity index (χ4v) is 1.91. The minimum atomic E-state index is -4.37. The van der Waals surface area contributed by atoms with Gasteiger partial charge in [0.25, 0.3) is 0 Å². The molecule has 5 nitrogen and oxygen atoms in total. The van der Waals surface area contributed by atoms with Crippen LogP contribution in [0, 0.1) is 0 Å². The molecule has 1 N–H and O–H groups in total. The van der Waals surface area contributed by atoms with Gasteiger partial charge in [0.2, 0.25) is 5.95 Å². The van der Waals surface area contributed by atoms with Crippen LogP contribution in [-0.2, 0) is 4.74 Å². The standard InChI is InChI=1S/C12H17F3N4O/c1-8(2)17-10-3-4-16-11(18-10)19-5-6-20-9(7-19)12(13,14)15/h3-4,8-9H,5-7H2,1-2H3,(H,16,17,18)/t9-/m0/s1. The van der Waals surface area contributed by atoms with E-state index in [0.717, 1.165) is 0 Å². The Balaban J connectivity index is 2.11. The molecule has 20 heavy (non-hydrogen) atoms. The highest BCUT2D eigenvalue weighted by atomic mass is 19.4. The van der Waals surface area contributed by atoms with Crippen molar-refractivity contribution in [1.82, 2.24) is 9.97 Å². The molecule has 0 spiro atoms. The van der Waals surface area contributed by atoms with Crippen molar-refractivity contribution in [3.63, 3.8) is 0 Å². The number of hydrogen-bond donors (Lipinski definition) is 1. The summed E-state index contributed by atoms with van der Waals surface area (Å²) >= 11 is 0. The number of ether oxygens (including phenoxy) is 1. The Morgan fingerprint density at radius 2 is 2.20 bits per heavy atom. The molecule has 0 aliphatic carbocycles. The monoisotopic (exact) mass is 290 g/mol. The summed E-state index contributed by atoms with van der Waals surface area (Å²) in [5, 5.41) is 3.09. The van der Waals surface area contributed by atoms with Crippen molar-refractivity contribution in [3.05, 3.63) is 12.3 Å². The first-order chi connectivity index (χ1) is 9.36. The molecular formula is C12H17F3N4O. The zero-order chi connectivity index (χ0) is 14.8. The Morgan fingerprint density at radius 3 is 2.85 bits per heavy atom. The number of aromatic nitrogens is 2. The van der Waals surface area contributed by atoms with Crippen molar-refractivity contribution in [1.29, 1.82) is 0 Å². The van der Waals surface area contributed by atoms with Gasteiger partial charge in [0.15, 0.2) is 6.10 Å². The van der Waals surface area contributed by atoms with Gasteiger partial charge < -0.3 is 15.0 Å². The van der Waals surface area contributed by atoms with Crippen molar-refractivity contribution < 1.29 is 17.9 Å². The molecule has 0 saturated carbocycles. The molecule has 1 saturated heterocycles. The van der Waals surface area contributed by atoms with E-state index in [4.69, 9.17) is 4.74 Å². The molecule has 0 bridgehead atoms.